The number of ketones is 1. The Kier molecular flexibility index (Phi) is 9.58. The van der Waals surface area contributed by atoms with Gasteiger partial charge in [-0.25, -0.2) is 0 Å². The van der Waals surface area contributed by atoms with E-state index < -0.39 is 18.2 Å². The van der Waals surface area contributed by atoms with Crippen molar-refractivity contribution in [2.75, 3.05) is 17.3 Å². The summed E-state index contributed by atoms with van der Waals surface area (Å²) < 4.78 is 0. The SMILES string of the molecule is CC(c1ccccc1)C(O)C=C[C@H]1[C@H](O)CC(=O)[C@@H]1SCCCSCC(=O)O. The molecule has 0 radical (unpaired) electrons. The van der Waals surface area contributed by atoms with Crippen LogP contribution in [0.1, 0.15) is 31.2 Å². The number of rotatable bonds is 11. The predicted octanol–water partition coefficient (Wildman–Crippen LogP) is 2.97. The summed E-state index contributed by atoms with van der Waals surface area (Å²) in [6.07, 6.45) is 3.03. The van der Waals surface area contributed by atoms with Gasteiger partial charge in [0.15, 0.2) is 0 Å². The Morgan fingerprint density at radius 1 is 1.29 bits per heavy atom. The molecule has 5 atom stereocenters. The highest BCUT2D eigenvalue weighted by Gasteiger charge is 2.40. The minimum atomic E-state index is -0.819. The Labute approximate surface area is 174 Å². The Morgan fingerprint density at radius 2 is 2.00 bits per heavy atom. The second-order valence-electron chi connectivity index (χ2n) is 6.98. The highest BCUT2D eigenvalue weighted by molar-refractivity contribution is 8.01. The predicted molar refractivity (Wildman–Crippen MR) is 115 cm³/mol. The van der Waals surface area contributed by atoms with Crippen molar-refractivity contribution >= 4 is 35.3 Å². The quantitative estimate of drug-likeness (QED) is 0.371. The van der Waals surface area contributed by atoms with Gasteiger partial charge in [-0.15, -0.1) is 11.8 Å². The molecule has 1 saturated carbocycles. The van der Waals surface area contributed by atoms with Gasteiger partial charge in [0.2, 0.25) is 0 Å². The van der Waals surface area contributed by atoms with Gasteiger partial charge < -0.3 is 15.3 Å². The lowest BCUT2D eigenvalue weighted by atomic mass is 9.94. The molecule has 0 saturated heterocycles. The fourth-order valence-electron chi connectivity index (χ4n) is 3.20. The lowest BCUT2D eigenvalue weighted by Gasteiger charge is -2.20. The van der Waals surface area contributed by atoms with Crippen LogP contribution in [0.25, 0.3) is 0 Å². The monoisotopic (exact) mass is 424 g/mol. The highest BCUT2D eigenvalue weighted by atomic mass is 32.2. The maximum Gasteiger partial charge on any atom is 0.313 e. The van der Waals surface area contributed by atoms with E-state index in [2.05, 4.69) is 0 Å². The van der Waals surface area contributed by atoms with Crippen LogP contribution in [0.2, 0.25) is 0 Å². The molecule has 3 N–H and O–H groups in total. The number of aliphatic hydroxyl groups excluding tert-OH is 2. The molecule has 0 amide bonds. The van der Waals surface area contributed by atoms with Gasteiger partial charge >= 0.3 is 5.97 Å². The number of carbonyl (C=O) groups excluding carboxylic acids is 1. The maximum absolute atomic E-state index is 12.2. The van der Waals surface area contributed by atoms with E-state index in [1.807, 2.05) is 37.3 Å². The molecule has 5 nitrogen and oxygen atoms in total. The van der Waals surface area contributed by atoms with Crippen LogP contribution in [0.3, 0.4) is 0 Å². The number of hydrogen-bond donors (Lipinski definition) is 3. The Bertz CT molecular complexity index is 664. The molecule has 0 bridgehead atoms. The van der Waals surface area contributed by atoms with Crippen LogP contribution in [0, 0.1) is 5.92 Å². The standard InChI is InChI=1S/C21H28O5S2/c1-14(15-6-3-2-4-7-15)17(22)9-8-16-18(23)12-19(24)21(16)28-11-5-10-27-13-20(25)26/h2-4,6-9,14,16-18,21-23H,5,10-13H2,1H3,(H,25,26)/t14?,16-,17?,18+,21+/m0/s1. The second-order valence-corrected chi connectivity index (χ2v) is 9.34. The number of hydrogen-bond acceptors (Lipinski definition) is 6. The average Bonchev–Trinajstić information content (AvgIpc) is 2.95. The molecule has 0 aliphatic heterocycles. The van der Waals surface area contributed by atoms with E-state index in [0.29, 0.717) is 0 Å². The number of Topliss-reactive ketones (excluding diaryl/α,β-unsaturated/α-hetero) is 1. The average molecular weight is 425 g/mol. The van der Waals surface area contributed by atoms with Crippen LogP contribution >= 0.6 is 23.5 Å². The number of aliphatic hydroxyl groups is 2. The Morgan fingerprint density at radius 3 is 2.68 bits per heavy atom. The number of carboxylic acid groups (broad SMARTS) is 1. The molecule has 28 heavy (non-hydrogen) atoms. The van der Waals surface area contributed by atoms with Crippen LogP contribution in [-0.4, -0.2) is 61.8 Å². The third kappa shape index (κ3) is 6.95. The molecule has 1 aliphatic rings. The topological polar surface area (TPSA) is 94.8 Å². The molecule has 154 valence electrons. The molecule has 1 fully saturated rings. The van der Waals surface area contributed by atoms with E-state index >= 15 is 0 Å². The first kappa shape index (κ1) is 23.0. The minimum absolute atomic E-state index is 0.0379. The van der Waals surface area contributed by atoms with Crippen molar-refractivity contribution in [2.24, 2.45) is 5.92 Å². The molecule has 0 aromatic heterocycles. The lowest BCUT2D eigenvalue weighted by Crippen LogP contribution is -2.22. The zero-order chi connectivity index (χ0) is 20.5. The van der Waals surface area contributed by atoms with Gasteiger partial charge in [0, 0.05) is 18.3 Å². The summed E-state index contributed by atoms with van der Waals surface area (Å²) in [5.41, 5.74) is 1.03. The molecule has 2 unspecified atom stereocenters. The number of carboxylic acids is 1. The van der Waals surface area contributed by atoms with Crippen molar-refractivity contribution in [3.05, 3.63) is 48.0 Å². The van der Waals surface area contributed by atoms with E-state index in [9.17, 15) is 19.8 Å². The van der Waals surface area contributed by atoms with Gasteiger partial charge in [-0.3, -0.25) is 9.59 Å². The number of carbonyl (C=O) groups is 2. The molecule has 1 aliphatic carbocycles. The summed E-state index contributed by atoms with van der Waals surface area (Å²) in [5, 5.41) is 29.1. The second kappa shape index (κ2) is 11.7. The molecule has 1 aromatic rings. The van der Waals surface area contributed by atoms with E-state index in [-0.39, 0.29) is 35.0 Å². The molecule has 1 aromatic carbocycles. The first-order chi connectivity index (χ1) is 13.4. The Balaban J connectivity index is 1.87. The van der Waals surface area contributed by atoms with Crippen molar-refractivity contribution < 1.29 is 24.9 Å². The van der Waals surface area contributed by atoms with Crippen molar-refractivity contribution in [1.82, 2.24) is 0 Å². The van der Waals surface area contributed by atoms with Crippen LogP contribution in [0.5, 0.6) is 0 Å². The molecule has 7 heteroatoms. The fraction of sp³-hybridized carbons (Fsp3) is 0.524. The smallest absolute Gasteiger partial charge is 0.313 e. The molecule has 0 heterocycles. The number of benzene rings is 1. The summed E-state index contributed by atoms with van der Waals surface area (Å²) in [4.78, 5) is 22.7. The van der Waals surface area contributed by atoms with Gasteiger partial charge in [0.25, 0.3) is 0 Å². The van der Waals surface area contributed by atoms with Crippen molar-refractivity contribution in [3.8, 4) is 0 Å². The summed E-state index contributed by atoms with van der Waals surface area (Å²) in [7, 11) is 0. The van der Waals surface area contributed by atoms with E-state index in [1.165, 1.54) is 23.5 Å². The summed E-state index contributed by atoms with van der Waals surface area (Å²) >= 11 is 2.88. The normalized spacial score (nSPS) is 24.5. The zero-order valence-electron chi connectivity index (χ0n) is 15.9. The number of aliphatic carboxylic acids is 1. The zero-order valence-corrected chi connectivity index (χ0v) is 17.6. The molecule has 2 rings (SSSR count). The largest absolute Gasteiger partial charge is 0.481 e. The van der Waals surface area contributed by atoms with Crippen LogP contribution in [-0.2, 0) is 9.59 Å². The van der Waals surface area contributed by atoms with Crippen molar-refractivity contribution in [2.45, 2.75) is 43.1 Å². The molecular weight excluding hydrogens is 396 g/mol. The molecular formula is C21H28O5S2. The van der Waals surface area contributed by atoms with Crippen LogP contribution in [0.4, 0.5) is 0 Å². The van der Waals surface area contributed by atoms with Crippen molar-refractivity contribution in [1.29, 1.82) is 0 Å². The van der Waals surface area contributed by atoms with Crippen LogP contribution in [0.15, 0.2) is 42.5 Å². The van der Waals surface area contributed by atoms with Gasteiger partial charge in [-0.05, 0) is 23.5 Å². The first-order valence-electron chi connectivity index (χ1n) is 9.43. The first-order valence-corrected chi connectivity index (χ1v) is 11.6. The third-order valence-electron chi connectivity index (χ3n) is 4.85. The van der Waals surface area contributed by atoms with Crippen LogP contribution < -0.4 is 0 Å². The fourth-order valence-corrected chi connectivity index (χ4v) is 5.39. The van der Waals surface area contributed by atoms with E-state index in [1.54, 1.807) is 12.2 Å². The minimum Gasteiger partial charge on any atom is -0.481 e. The van der Waals surface area contributed by atoms with E-state index in [0.717, 1.165) is 23.5 Å². The maximum atomic E-state index is 12.2. The van der Waals surface area contributed by atoms with E-state index in [4.69, 9.17) is 5.11 Å². The van der Waals surface area contributed by atoms with Gasteiger partial charge in [0.05, 0.1) is 23.2 Å². The van der Waals surface area contributed by atoms with Gasteiger partial charge in [0.1, 0.15) is 5.78 Å². The van der Waals surface area contributed by atoms with Crippen molar-refractivity contribution in [3.63, 3.8) is 0 Å². The van der Waals surface area contributed by atoms with Gasteiger partial charge in [-0.1, -0.05) is 49.4 Å². The number of thioether (sulfide) groups is 2. The molecule has 0 spiro atoms. The summed E-state index contributed by atoms with van der Waals surface area (Å²) in [5.74, 6) is 0.399. The highest BCUT2D eigenvalue weighted by Crippen LogP contribution is 2.35. The third-order valence-corrected chi connectivity index (χ3v) is 7.33. The Hall–Kier alpha value is -1.28. The van der Waals surface area contributed by atoms with Gasteiger partial charge in [-0.2, -0.15) is 11.8 Å². The lowest BCUT2D eigenvalue weighted by molar-refractivity contribution is -0.133. The summed E-state index contributed by atoms with van der Waals surface area (Å²) in [6, 6.07) is 9.74. The summed E-state index contributed by atoms with van der Waals surface area (Å²) in [6.45, 7) is 1.95.